The van der Waals surface area contributed by atoms with Crippen LogP contribution in [0.15, 0.2) is 54.6 Å². The molecule has 0 unspecified atom stereocenters. The highest BCUT2D eigenvalue weighted by atomic mass is 16.2. The summed E-state index contributed by atoms with van der Waals surface area (Å²) in [6.45, 7) is -0.299. The molecule has 30 heavy (non-hydrogen) atoms. The molecule has 4 rings (SSSR count). The van der Waals surface area contributed by atoms with Gasteiger partial charge in [-0.25, -0.2) is 4.79 Å². The number of amides is 4. The van der Waals surface area contributed by atoms with E-state index in [2.05, 4.69) is 22.5 Å². The second-order valence-electron chi connectivity index (χ2n) is 7.71. The predicted molar refractivity (Wildman–Crippen MR) is 114 cm³/mol. The molecule has 152 valence electrons. The summed E-state index contributed by atoms with van der Waals surface area (Å²) in [7, 11) is 0. The van der Waals surface area contributed by atoms with Crippen molar-refractivity contribution in [3.63, 3.8) is 0 Å². The van der Waals surface area contributed by atoms with Gasteiger partial charge >= 0.3 is 6.03 Å². The first-order chi connectivity index (χ1) is 14.6. The number of urea groups is 1. The first kappa shape index (κ1) is 19.7. The molecule has 2 N–H and O–H groups in total. The number of benzene rings is 2. The van der Waals surface area contributed by atoms with Crippen LogP contribution in [0.5, 0.6) is 0 Å². The molecule has 6 heteroatoms. The Kier molecular flexibility index (Phi) is 5.53. The summed E-state index contributed by atoms with van der Waals surface area (Å²) in [5.74, 6) is 5.44. The van der Waals surface area contributed by atoms with Crippen LogP contribution in [0.4, 0.5) is 10.5 Å². The minimum Gasteiger partial charge on any atom is -0.324 e. The number of carbonyl (C=O) groups excluding carboxylic acids is 3. The number of hydrogen-bond donors (Lipinski definition) is 2. The van der Waals surface area contributed by atoms with Crippen molar-refractivity contribution in [3.05, 3.63) is 65.7 Å². The van der Waals surface area contributed by atoms with Crippen molar-refractivity contribution in [2.75, 3.05) is 11.9 Å². The van der Waals surface area contributed by atoms with E-state index >= 15 is 0 Å². The summed E-state index contributed by atoms with van der Waals surface area (Å²) in [4.78, 5) is 38.6. The Morgan fingerprint density at radius 2 is 1.67 bits per heavy atom. The monoisotopic (exact) mass is 401 g/mol. The van der Waals surface area contributed by atoms with Crippen molar-refractivity contribution in [1.82, 2.24) is 10.2 Å². The largest absolute Gasteiger partial charge is 0.325 e. The lowest BCUT2D eigenvalue weighted by Crippen LogP contribution is -2.48. The van der Waals surface area contributed by atoms with Gasteiger partial charge in [-0.05, 0) is 43.2 Å². The van der Waals surface area contributed by atoms with E-state index in [9.17, 15) is 14.4 Å². The maximum Gasteiger partial charge on any atom is 0.325 e. The normalized spacial score (nSPS) is 17.3. The van der Waals surface area contributed by atoms with Gasteiger partial charge in [0.1, 0.15) is 12.1 Å². The fourth-order valence-electron chi connectivity index (χ4n) is 4.00. The van der Waals surface area contributed by atoms with Crippen LogP contribution in [0.25, 0.3) is 0 Å². The Hall–Kier alpha value is -3.59. The summed E-state index contributed by atoms with van der Waals surface area (Å²) in [5.41, 5.74) is 1.41. The molecule has 1 saturated heterocycles. The Bertz CT molecular complexity index is 1030. The zero-order valence-electron chi connectivity index (χ0n) is 16.6. The van der Waals surface area contributed by atoms with Crippen LogP contribution in [0.1, 0.15) is 43.2 Å². The summed E-state index contributed by atoms with van der Waals surface area (Å²) < 4.78 is 0. The molecule has 0 aromatic heterocycles. The van der Waals surface area contributed by atoms with E-state index in [0.717, 1.165) is 35.3 Å². The van der Waals surface area contributed by atoms with Crippen molar-refractivity contribution >= 4 is 23.5 Å². The van der Waals surface area contributed by atoms with E-state index in [1.54, 1.807) is 18.2 Å². The number of nitrogens with one attached hydrogen (secondary N) is 2. The summed E-state index contributed by atoms with van der Waals surface area (Å²) in [6, 6.07) is 16.3. The molecular formula is C24H23N3O3. The van der Waals surface area contributed by atoms with E-state index in [1.165, 1.54) is 0 Å². The predicted octanol–water partition coefficient (Wildman–Crippen LogP) is 3.28. The molecule has 6 nitrogen and oxygen atoms in total. The molecule has 2 fully saturated rings. The molecule has 1 aliphatic heterocycles. The van der Waals surface area contributed by atoms with Gasteiger partial charge < -0.3 is 10.6 Å². The molecule has 0 bridgehead atoms. The van der Waals surface area contributed by atoms with Crippen molar-refractivity contribution in [3.8, 4) is 11.8 Å². The Balaban J connectivity index is 1.40. The van der Waals surface area contributed by atoms with Crippen LogP contribution in [0.3, 0.4) is 0 Å². The smallest absolute Gasteiger partial charge is 0.324 e. The van der Waals surface area contributed by atoms with Crippen LogP contribution in [-0.2, 0) is 9.59 Å². The lowest BCUT2D eigenvalue weighted by atomic mass is 9.82. The second-order valence-corrected chi connectivity index (χ2v) is 7.71. The zero-order valence-corrected chi connectivity index (χ0v) is 16.6. The highest BCUT2D eigenvalue weighted by Crippen LogP contribution is 2.33. The SMILES string of the molecule is O=C(CN1C(=O)NC2(CCCCC2)C1=O)Nc1cccc(C#Cc2ccccc2)c1. The third-order valence-electron chi connectivity index (χ3n) is 5.53. The van der Waals surface area contributed by atoms with Gasteiger partial charge in [-0.1, -0.05) is 55.4 Å². The third kappa shape index (κ3) is 4.20. The van der Waals surface area contributed by atoms with Crippen LogP contribution >= 0.6 is 0 Å². The quantitative estimate of drug-likeness (QED) is 0.612. The van der Waals surface area contributed by atoms with Gasteiger partial charge in [-0.3, -0.25) is 14.5 Å². The molecule has 1 aliphatic carbocycles. The fraction of sp³-hybridized carbons (Fsp3) is 0.292. The van der Waals surface area contributed by atoms with Gasteiger partial charge in [-0.2, -0.15) is 0 Å². The van der Waals surface area contributed by atoms with Crippen molar-refractivity contribution in [2.24, 2.45) is 0 Å². The molecule has 1 saturated carbocycles. The van der Waals surface area contributed by atoms with Gasteiger partial charge in [0, 0.05) is 16.8 Å². The first-order valence-electron chi connectivity index (χ1n) is 10.2. The minimum absolute atomic E-state index is 0.287. The van der Waals surface area contributed by atoms with E-state index in [1.807, 2.05) is 36.4 Å². The highest BCUT2D eigenvalue weighted by Gasteiger charge is 2.51. The zero-order chi connectivity index (χ0) is 21.0. The topological polar surface area (TPSA) is 78.5 Å². The van der Waals surface area contributed by atoms with E-state index < -0.39 is 17.5 Å². The molecule has 1 heterocycles. The highest BCUT2D eigenvalue weighted by molar-refractivity contribution is 6.10. The Morgan fingerprint density at radius 1 is 0.967 bits per heavy atom. The Morgan fingerprint density at radius 3 is 2.43 bits per heavy atom. The van der Waals surface area contributed by atoms with E-state index in [4.69, 9.17) is 0 Å². The lowest BCUT2D eigenvalue weighted by molar-refractivity contribution is -0.134. The Labute approximate surface area is 175 Å². The maximum absolute atomic E-state index is 12.8. The number of carbonyl (C=O) groups is 3. The number of rotatable bonds is 3. The molecule has 2 aliphatic rings. The molecule has 2 aromatic carbocycles. The number of nitrogens with zero attached hydrogens (tertiary/aromatic N) is 1. The van der Waals surface area contributed by atoms with Gasteiger partial charge in [-0.15, -0.1) is 0 Å². The summed E-state index contributed by atoms with van der Waals surface area (Å²) in [6.07, 6.45) is 4.15. The number of hydrogen-bond acceptors (Lipinski definition) is 3. The summed E-state index contributed by atoms with van der Waals surface area (Å²) >= 11 is 0. The third-order valence-corrected chi connectivity index (χ3v) is 5.53. The van der Waals surface area contributed by atoms with E-state index in [-0.39, 0.29) is 12.5 Å². The van der Waals surface area contributed by atoms with Crippen molar-refractivity contribution < 1.29 is 14.4 Å². The molecular weight excluding hydrogens is 378 g/mol. The van der Waals surface area contributed by atoms with Crippen LogP contribution in [0, 0.1) is 11.8 Å². The molecule has 2 aromatic rings. The molecule has 0 atom stereocenters. The minimum atomic E-state index is -0.817. The summed E-state index contributed by atoms with van der Waals surface area (Å²) in [5, 5.41) is 5.58. The van der Waals surface area contributed by atoms with Crippen LogP contribution in [0.2, 0.25) is 0 Å². The molecule has 0 radical (unpaired) electrons. The number of imide groups is 1. The molecule has 1 spiro atoms. The van der Waals surface area contributed by atoms with Crippen molar-refractivity contribution in [2.45, 2.75) is 37.6 Å². The fourth-order valence-corrected chi connectivity index (χ4v) is 4.00. The van der Waals surface area contributed by atoms with Crippen molar-refractivity contribution in [1.29, 1.82) is 0 Å². The van der Waals surface area contributed by atoms with Gasteiger partial charge in [0.15, 0.2) is 0 Å². The maximum atomic E-state index is 12.8. The average Bonchev–Trinajstić information content (AvgIpc) is 2.97. The average molecular weight is 401 g/mol. The second kappa shape index (κ2) is 8.42. The lowest BCUT2D eigenvalue weighted by Gasteiger charge is -2.30. The standard InChI is InChI=1S/C24H23N3O3/c28-21(17-27-22(29)24(26-23(27)30)14-5-2-6-15-24)25-20-11-7-10-19(16-20)13-12-18-8-3-1-4-9-18/h1,3-4,7-11,16H,2,5-6,14-15,17H2,(H,25,28)(H,26,30). The molecule has 4 amide bonds. The first-order valence-corrected chi connectivity index (χ1v) is 10.2. The van der Waals surface area contributed by atoms with E-state index in [0.29, 0.717) is 18.5 Å². The van der Waals surface area contributed by atoms with Crippen LogP contribution < -0.4 is 10.6 Å². The van der Waals surface area contributed by atoms with Gasteiger partial charge in [0.05, 0.1) is 0 Å². The van der Waals surface area contributed by atoms with Gasteiger partial charge in [0.2, 0.25) is 5.91 Å². The van der Waals surface area contributed by atoms with Gasteiger partial charge in [0.25, 0.3) is 5.91 Å². The van der Waals surface area contributed by atoms with Crippen LogP contribution in [-0.4, -0.2) is 34.8 Å². The number of anilines is 1.